The van der Waals surface area contributed by atoms with Gasteiger partial charge in [0.05, 0.1) is 11.4 Å². The first-order chi connectivity index (χ1) is 19.5. The first kappa shape index (κ1) is 33.0. The molecule has 208 valence electrons. The van der Waals surface area contributed by atoms with E-state index >= 15 is 0 Å². The van der Waals surface area contributed by atoms with Crippen molar-refractivity contribution in [3.8, 4) is 24.2 Å². The fourth-order valence-electron chi connectivity index (χ4n) is 2.79. The third-order valence-corrected chi connectivity index (χ3v) is 6.16. The van der Waals surface area contributed by atoms with Crippen LogP contribution in [0.5, 0.6) is 0 Å². The van der Waals surface area contributed by atoms with Crippen molar-refractivity contribution in [2.24, 2.45) is 0 Å². The Labute approximate surface area is 264 Å². The van der Waals surface area contributed by atoms with Crippen LogP contribution in [-0.4, -0.2) is 21.8 Å². The van der Waals surface area contributed by atoms with E-state index in [1.807, 2.05) is 12.1 Å². The molecule has 0 aliphatic rings. The molecule has 0 aliphatic carbocycles. The van der Waals surface area contributed by atoms with Gasteiger partial charge < -0.3 is 22.1 Å². The van der Waals surface area contributed by atoms with Crippen molar-refractivity contribution in [2.45, 2.75) is 13.8 Å². The predicted octanol–water partition coefficient (Wildman–Crippen LogP) is 6.60. The van der Waals surface area contributed by atoms with Gasteiger partial charge in [0.15, 0.2) is 0 Å². The van der Waals surface area contributed by atoms with Crippen molar-refractivity contribution in [1.29, 1.82) is 0 Å². The number of amides is 2. The third-order valence-electron chi connectivity index (χ3n) is 4.64. The van der Waals surface area contributed by atoms with Crippen LogP contribution in [0.15, 0.2) is 86.6 Å². The van der Waals surface area contributed by atoms with Crippen LogP contribution in [0, 0.1) is 24.2 Å². The Morgan fingerprint density at radius 1 is 0.683 bits per heavy atom. The lowest BCUT2D eigenvalue weighted by molar-refractivity contribution is -0.115. The van der Waals surface area contributed by atoms with Crippen LogP contribution in [0.25, 0.3) is 0 Å². The Balaban J connectivity index is 0.000000237. The number of nitrogens with one attached hydrogen (secondary N) is 2. The fraction of sp³-hybridized carbons (Fsp3) is 0.0667. The Bertz CT molecular complexity index is 1610. The molecule has 41 heavy (non-hydrogen) atoms. The molecule has 0 atom stereocenters. The van der Waals surface area contributed by atoms with Gasteiger partial charge in [-0.05, 0) is 127 Å². The van der Waals surface area contributed by atoms with E-state index in [0.29, 0.717) is 26.3 Å². The molecule has 0 saturated carbocycles. The van der Waals surface area contributed by atoms with Gasteiger partial charge in [-0.3, -0.25) is 9.59 Å². The van der Waals surface area contributed by atoms with Crippen molar-refractivity contribution in [3.63, 3.8) is 0 Å². The number of pyridine rings is 2. The number of halogens is 3. The van der Waals surface area contributed by atoms with E-state index in [0.717, 1.165) is 27.1 Å². The van der Waals surface area contributed by atoms with Crippen LogP contribution in [0.2, 0.25) is 0 Å². The van der Waals surface area contributed by atoms with Gasteiger partial charge in [0.1, 0.15) is 19.5 Å². The zero-order valence-corrected chi connectivity index (χ0v) is 26.8. The first-order valence-electron chi connectivity index (χ1n) is 11.7. The van der Waals surface area contributed by atoms with Crippen LogP contribution in [0.3, 0.4) is 0 Å². The van der Waals surface area contributed by atoms with Gasteiger partial charge >= 0.3 is 0 Å². The van der Waals surface area contributed by atoms with E-state index in [-0.39, 0.29) is 11.8 Å². The van der Waals surface area contributed by atoms with Crippen molar-refractivity contribution < 1.29 is 9.59 Å². The monoisotopic (exact) mass is 738 g/mol. The molecule has 0 unspecified atom stereocenters. The van der Waals surface area contributed by atoms with Crippen molar-refractivity contribution >= 4 is 82.4 Å². The second kappa shape index (κ2) is 16.8. The summed E-state index contributed by atoms with van der Waals surface area (Å²) in [5, 5.41) is 5.35. The summed E-state index contributed by atoms with van der Waals surface area (Å²) in [6, 6.07) is 21.4. The average Bonchev–Trinajstić information content (AvgIpc) is 2.93. The minimum atomic E-state index is -0.102. The lowest BCUT2D eigenvalue weighted by Gasteiger charge is -2.00. The number of nitrogens with two attached hydrogens (primary N) is 2. The molecule has 11 heteroatoms. The van der Waals surface area contributed by atoms with Gasteiger partial charge in [0.2, 0.25) is 11.8 Å². The summed E-state index contributed by atoms with van der Waals surface area (Å²) in [5.74, 6) is 8.22. The second-order valence-electron chi connectivity index (χ2n) is 8.00. The number of aromatic nitrogens is 2. The number of rotatable bonds is 2. The highest BCUT2D eigenvalue weighted by Gasteiger charge is 1.99. The highest BCUT2D eigenvalue weighted by molar-refractivity contribution is 9.11. The summed E-state index contributed by atoms with van der Waals surface area (Å²) in [5.41, 5.74) is 16.1. The van der Waals surface area contributed by atoms with Crippen LogP contribution < -0.4 is 22.1 Å². The molecule has 4 aromatic rings. The summed E-state index contributed by atoms with van der Waals surface area (Å²) < 4.78 is 2.15. The largest absolute Gasteiger partial charge is 0.397 e. The maximum absolute atomic E-state index is 10.9. The Morgan fingerprint density at radius 2 is 1.15 bits per heavy atom. The zero-order chi connectivity index (χ0) is 30.4. The van der Waals surface area contributed by atoms with E-state index in [9.17, 15) is 9.59 Å². The molecule has 6 N–H and O–H groups in total. The maximum Gasteiger partial charge on any atom is 0.221 e. The SMILES string of the molecule is C#Cc1ccc(NC(C)=O)cc1.CC(=O)Nc1ccc(C#Cc2nc(Br)ccc2N)cc1.Nc1ccc(Br)nc1Br. The quantitative estimate of drug-likeness (QED) is 0.135. The summed E-state index contributed by atoms with van der Waals surface area (Å²) in [4.78, 5) is 29.7. The second-order valence-corrected chi connectivity index (χ2v) is 10.4. The molecule has 2 aromatic carbocycles. The lowest BCUT2D eigenvalue weighted by atomic mass is 10.2. The Kier molecular flexibility index (Phi) is 13.6. The molecule has 0 aliphatic heterocycles. The number of anilines is 4. The lowest BCUT2D eigenvalue weighted by Crippen LogP contribution is -2.05. The molecule has 4 rings (SSSR count). The normalized spacial score (nSPS) is 9.27. The van der Waals surface area contributed by atoms with Crippen LogP contribution in [-0.2, 0) is 9.59 Å². The van der Waals surface area contributed by atoms with Gasteiger partial charge in [-0.15, -0.1) is 6.42 Å². The summed E-state index contributed by atoms with van der Waals surface area (Å²) in [7, 11) is 0. The van der Waals surface area contributed by atoms with Crippen molar-refractivity contribution in [1.82, 2.24) is 9.97 Å². The minimum absolute atomic E-state index is 0.0801. The molecule has 0 fully saturated rings. The van der Waals surface area contributed by atoms with Crippen LogP contribution >= 0.6 is 47.8 Å². The Hall–Kier alpha value is -4.16. The van der Waals surface area contributed by atoms with Gasteiger partial charge in [-0.2, -0.15) is 0 Å². The number of terminal acetylenes is 1. The number of carbonyl (C=O) groups excluding carboxylic acids is 2. The standard InChI is InChI=1S/C15H12BrN3O.C10H9NO.C5H4Br2N2/c1-10(20)18-12-5-2-11(3-6-12)4-8-14-13(17)7-9-15(16)19-14;1-3-9-4-6-10(7-5-9)11-8(2)12;6-4-2-1-3(8)5(7)9-4/h2-3,5-7,9H,17H2,1H3,(H,18,20);1,4-7H,2H3,(H,11,12);1-2H,8H2. The molecule has 0 bridgehead atoms. The van der Waals surface area contributed by atoms with E-state index < -0.39 is 0 Å². The third kappa shape index (κ3) is 12.7. The van der Waals surface area contributed by atoms with E-state index in [1.165, 1.54) is 13.8 Å². The number of benzene rings is 2. The highest BCUT2D eigenvalue weighted by atomic mass is 79.9. The molecular weight excluding hydrogens is 716 g/mol. The summed E-state index contributed by atoms with van der Waals surface area (Å²) in [6.45, 7) is 2.94. The molecule has 0 saturated heterocycles. The molecule has 0 radical (unpaired) electrons. The fourth-order valence-corrected chi connectivity index (χ4v) is 3.97. The van der Waals surface area contributed by atoms with E-state index in [2.05, 4.69) is 86.2 Å². The molecule has 8 nitrogen and oxygen atoms in total. The molecule has 0 spiro atoms. The smallest absolute Gasteiger partial charge is 0.221 e. The molecule has 2 amide bonds. The van der Waals surface area contributed by atoms with Crippen molar-refractivity contribution in [2.75, 3.05) is 22.1 Å². The Morgan fingerprint density at radius 3 is 1.59 bits per heavy atom. The first-order valence-corrected chi connectivity index (χ1v) is 14.1. The highest BCUT2D eigenvalue weighted by Crippen LogP contribution is 2.18. The molecular formula is C30H25Br3N6O2. The van der Waals surface area contributed by atoms with Crippen LogP contribution in [0.1, 0.15) is 30.7 Å². The van der Waals surface area contributed by atoms with Crippen LogP contribution in [0.4, 0.5) is 22.7 Å². The van der Waals surface area contributed by atoms with Gasteiger partial charge in [0, 0.05) is 36.3 Å². The van der Waals surface area contributed by atoms with E-state index in [1.54, 1.807) is 60.7 Å². The minimum Gasteiger partial charge on any atom is -0.397 e. The number of carbonyl (C=O) groups is 2. The molecule has 2 heterocycles. The predicted molar refractivity (Wildman–Crippen MR) is 176 cm³/mol. The van der Waals surface area contributed by atoms with Crippen molar-refractivity contribution in [3.05, 3.63) is 103 Å². The maximum atomic E-state index is 10.9. The van der Waals surface area contributed by atoms with Gasteiger partial charge in [-0.25, -0.2) is 9.97 Å². The molecule has 2 aromatic heterocycles. The average molecular weight is 741 g/mol. The summed E-state index contributed by atoms with van der Waals surface area (Å²) in [6.07, 6.45) is 5.16. The van der Waals surface area contributed by atoms with E-state index in [4.69, 9.17) is 17.9 Å². The summed E-state index contributed by atoms with van der Waals surface area (Å²) >= 11 is 9.66. The number of hydrogen-bond donors (Lipinski definition) is 4. The number of hydrogen-bond acceptors (Lipinski definition) is 6. The zero-order valence-electron chi connectivity index (χ0n) is 22.0. The number of nitrogens with zero attached hydrogens (tertiary/aromatic N) is 2. The van der Waals surface area contributed by atoms with Gasteiger partial charge in [-0.1, -0.05) is 11.8 Å². The number of nitrogen functional groups attached to an aromatic ring is 2. The topological polar surface area (TPSA) is 136 Å². The van der Waals surface area contributed by atoms with Gasteiger partial charge in [0.25, 0.3) is 0 Å².